The van der Waals surface area contributed by atoms with Gasteiger partial charge in [0.2, 0.25) is 10.0 Å². The van der Waals surface area contributed by atoms with Gasteiger partial charge in [0.15, 0.2) is 0 Å². The van der Waals surface area contributed by atoms with Crippen molar-refractivity contribution in [3.63, 3.8) is 0 Å². The Morgan fingerprint density at radius 1 is 1.00 bits per heavy atom. The predicted octanol–water partition coefficient (Wildman–Crippen LogP) is 5.11. The van der Waals surface area contributed by atoms with E-state index >= 15 is 0 Å². The molecular formula is C24H23ClN2O4S. The molecule has 2 aliphatic rings. The van der Waals surface area contributed by atoms with Gasteiger partial charge in [0, 0.05) is 40.5 Å². The Labute approximate surface area is 192 Å². The summed E-state index contributed by atoms with van der Waals surface area (Å²) in [5.74, 6) is 0. The molecule has 6 nitrogen and oxygen atoms in total. The van der Waals surface area contributed by atoms with E-state index in [1.165, 1.54) is 4.31 Å². The Kier molecular flexibility index (Phi) is 5.35. The average Bonchev–Trinajstić information content (AvgIpc) is 2.79. The van der Waals surface area contributed by atoms with Crippen LogP contribution >= 0.6 is 11.6 Å². The van der Waals surface area contributed by atoms with Crippen LogP contribution in [0.15, 0.2) is 59.5 Å². The number of nitrogens with zero attached hydrogens (tertiary/aromatic N) is 2. The van der Waals surface area contributed by atoms with Gasteiger partial charge in [-0.2, -0.15) is 4.31 Å². The molecule has 1 saturated heterocycles. The third-order valence-corrected chi connectivity index (χ3v) is 8.57. The second-order valence-corrected chi connectivity index (χ2v) is 10.6. The van der Waals surface area contributed by atoms with Crippen LogP contribution in [0.1, 0.15) is 24.0 Å². The van der Waals surface area contributed by atoms with E-state index in [0.717, 1.165) is 16.8 Å². The number of anilines is 1. The van der Waals surface area contributed by atoms with E-state index in [9.17, 15) is 13.2 Å². The second kappa shape index (κ2) is 8.06. The van der Waals surface area contributed by atoms with Gasteiger partial charge in [-0.1, -0.05) is 53.6 Å². The number of halogens is 1. The Balaban J connectivity index is 1.40. The first-order valence-electron chi connectivity index (χ1n) is 10.6. The number of amides is 1. The molecule has 2 aliphatic heterocycles. The van der Waals surface area contributed by atoms with Crippen molar-refractivity contribution < 1.29 is 17.9 Å². The van der Waals surface area contributed by atoms with Crippen molar-refractivity contribution in [1.82, 2.24) is 4.31 Å². The molecule has 32 heavy (non-hydrogen) atoms. The number of ether oxygens (including phenoxy) is 1. The number of aryl methyl sites for hydroxylation is 1. The third kappa shape index (κ3) is 3.54. The van der Waals surface area contributed by atoms with Crippen LogP contribution < -0.4 is 4.90 Å². The van der Waals surface area contributed by atoms with E-state index in [2.05, 4.69) is 0 Å². The molecule has 166 valence electrons. The molecular weight excluding hydrogens is 448 g/mol. The zero-order valence-corrected chi connectivity index (χ0v) is 19.2. The fourth-order valence-corrected chi connectivity index (χ4v) is 6.55. The van der Waals surface area contributed by atoms with Crippen LogP contribution in [0.4, 0.5) is 10.5 Å². The summed E-state index contributed by atoms with van der Waals surface area (Å²) in [6.07, 6.45) is 0.701. The van der Waals surface area contributed by atoms with Crippen molar-refractivity contribution in [1.29, 1.82) is 0 Å². The lowest BCUT2D eigenvalue weighted by Crippen LogP contribution is -2.50. The van der Waals surface area contributed by atoms with Crippen molar-refractivity contribution in [2.75, 3.05) is 18.0 Å². The van der Waals surface area contributed by atoms with Gasteiger partial charge in [-0.25, -0.2) is 13.2 Å². The van der Waals surface area contributed by atoms with E-state index in [-0.39, 0.29) is 23.6 Å². The maximum absolute atomic E-state index is 13.5. The number of benzene rings is 3. The molecule has 2 heterocycles. The number of rotatable bonds is 3. The Morgan fingerprint density at radius 3 is 2.47 bits per heavy atom. The number of piperidine rings is 1. The van der Waals surface area contributed by atoms with E-state index < -0.39 is 10.0 Å². The summed E-state index contributed by atoms with van der Waals surface area (Å²) in [7, 11) is -3.70. The molecule has 8 heteroatoms. The third-order valence-electron chi connectivity index (χ3n) is 6.28. The first-order valence-corrected chi connectivity index (χ1v) is 12.4. The molecule has 0 saturated carbocycles. The molecule has 3 aromatic carbocycles. The number of carbonyl (C=O) groups excluding carboxylic acids is 1. The minimum atomic E-state index is -3.70. The molecule has 5 rings (SSSR count). The number of cyclic esters (lactones) is 1. The molecule has 0 spiro atoms. The first kappa shape index (κ1) is 21.2. The molecule has 0 atom stereocenters. The number of carbonyl (C=O) groups is 1. The number of hydrogen-bond donors (Lipinski definition) is 0. The van der Waals surface area contributed by atoms with Gasteiger partial charge in [-0.3, -0.25) is 4.90 Å². The van der Waals surface area contributed by atoms with Crippen LogP contribution in [-0.4, -0.2) is 37.9 Å². The van der Waals surface area contributed by atoms with Gasteiger partial charge >= 0.3 is 6.09 Å². The fraction of sp³-hybridized carbons (Fsp3) is 0.292. The van der Waals surface area contributed by atoms with Gasteiger partial charge in [0.25, 0.3) is 0 Å². The predicted molar refractivity (Wildman–Crippen MR) is 125 cm³/mol. The van der Waals surface area contributed by atoms with Crippen molar-refractivity contribution in [2.24, 2.45) is 0 Å². The summed E-state index contributed by atoms with van der Waals surface area (Å²) in [5.41, 5.74) is 2.95. The summed E-state index contributed by atoms with van der Waals surface area (Å²) in [6, 6.07) is 16.3. The van der Waals surface area contributed by atoms with Gasteiger partial charge in [-0.05, 0) is 38.0 Å². The van der Waals surface area contributed by atoms with Gasteiger partial charge in [0.1, 0.15) is 6.61 Å². The monoisotopic (exact) mass is 470 g/mol. The Morgan fingerprint density at radius 2 is 1.72 bits per heavy atom. The molecule has 3 aromatic rings. The molecule has 1 fully saturated rings. The summed E-state index contributed by atoms with van der Waals surface area (Å²) in [6.45, 7) is 2.93. The highest BCUT2D eigenvalue weighted by atomic mass is 35.5. The summed E-state index contributed by atoms with van der Waals surface area (Å²) in [5, 5.41) is 1.86. The summed E-state index contributed by atoms with van der Waals surface area (Å²) >= 11 is 6.28. The SMILES string of the molecule is Cc1ccc2c(c1)COC(=O)N2C1CCN(S(=O)(=O)c2ccc(Cl)c3ccccc23)CC1. The van der Waals surface area contributed by atoms with Crippen molar-refractivity contribution in [2.45, 2.75) is 37.3 Å². The molecule has 0 aliphatic carbocycles. The number of hydrogen-bond acceptors (Lipinski definition) is 4. The lowest BCUT2D eigenvalue weighted by molar-refractivity contribution is 0.135. The van der Waals surface area contributed by atoms with Crippen LogP contribution in [0.2, 0.25) is 5.02 Å². The van der Waals surface area contributed by atoms with E-state index in [0.29, 0.717) is 41.7 Å². The molecule has 0 bridgehead atoms. The minimum absolute atomic E-state index is 0.113. The molecule has 0 radical (unpaired) electrons. The normalized spacial score (nSPS) is 17.9. The maximum Gasteiger partial charge on any atom is 0.414 e. The molecule has 0 aromatic heterocycles. The molecule has 1 amide bonds. The van der Waals surface area contributed by atoms with E-state index in [4.69, 9.17) is 16.3 Å². The Bertz CT molecular complexity index is 1320. The lowest BCUT2D eigenvalue weighted by Gasteiger charge is -2.40. The van der Waals surface area contributed by atoms with Gasteiger partial charge in [0.05, 0.1) is 10.6 Å². The first-order chi connectivity index (χ1) is 15.4. The quantitative estimate of drug-likeness (QED) is 0.533. The molecule has 0 N–H and O–H groups in total. The lowest BCUT2D eigenvalue weighted by atomic mass is 10.0. The number of fused-ring (bicyclic) bond motifs is 2. The summed E-state index contributed by atoms with van der Waals surface area (Å²) < 4.78 is 33.8. The highest BCUT2D eigenvalue weighted by molar-refractivity contribution is 7.89. The fourth-order valence-electron chi connectivity index (χ4n) is 4.66. The molecule has 0 unspecified atom stereocenters. The average molecular weight is 471 g/mol. The highest BCUT2D eigenvalue weighted by Crippen LogP contribution is 2.35. The van der Waals surface area contributed by atoms with Crippen LogP contribution in [0.3, 0.4) is 0 Å². The zero-order valence-electron chi connectivity index (χ0n) is 17.6. The largest absolute Gasteiger partial charge is 0.444 e. The van der Waals surface area contributed by atoms with Gasteiger partial charge in [-0.15, -0.1) is 0 Å². The van der Waals surface area contributed by atoms with E-state index in [1.807, 2.05) is 43.3 Å². The standard InChI is InChI=1S/C24H23ClN2O4S/c1-16-6-8-22-17(14-16)15-31-24(28)27(22)18-10-12-26(13-11-18)32(29,30)23-9-7-21(25)19-4-2-3-5-20(19)23/h2-9,14,18H,10-13,15H2,1H3. The second-order valence-electron chi connectivity index (χ2n) is 8.28. The van der Waals surface area contributed by atoms with Crippen LogP contribution in [-0.2, 0) is 21.4 Å². The van der Waals surface area contributed by atoms with Crippen LogP contribution in [0, 0.1) is 6.92 Å². The van der Waals surface area contributed by atoms with Crippen LogP contribution in [0.25, 0.3) is 10.8 Å². The minimum Gasteiger partial charge on any atom is -0.444 e. The zero-order chi connectivity index (χ0) is 22.5. The topological polar surface area (TPSA) is 66.9 Å². The maximum atomic E-state index is 13.5. The van der Waals surface area contributed by atoms with Crippen molar-refractivity contribution in [3.8, 4) is 0 Å². The van der Waals surface area contributed by atoms with Crippen molar-refractivity contribution in [3.05, 3.63) is 70.7 Å². The van der Waals surface area contributed by atoms with E-state index in [1.54, 1.807) is 23.1 Å². The smallest absolute Gasteiger partial charge is 0.414 e. The number of sulfonamides is 1. The Hall–Kier alpha value is -2.61. The van der Waals surface area contributed by atoms with Crippen LogP contribution in [0.5, 0.6) is 0 Å². The summed E-state index contributed by atoms with van der Waals surface area (Å²) in [4.78, 5) is 14.5. The highest BCUT2D eigenvalue weighted by Gasteiger charge is 2.37. The van der Waals surface area contributed by atoms with Gasteiger partial charge < -0.3 is 4.74 Å². The van der Waals surface area contributed by atoms with Crippen molar-refractivity contribution >= 4 is 44.2 Å².